The average Bonchev–Trinajstić information content (AvgIpc) is 2.47. The predicted molar refractivity (Wildman–Crippen MR) is 79.7 cm³/mol. The van der Waals surface area contributed by atoms with Crippen molar-refractivity contribution in [2.45, 2.75) is 6.92 Å². The molecule has 3 rings (SSSR count). The fraction of sp³-hybridized carbons (Fsp3) is 0.0556. The first-order valence-corrected chi connectivity index (χ1v) is 6.73. The third kappa shape index (κ3) is 2.60. The van der Waals surface area contributed by atoms with E-state index in [1.54, 1.807) is 25.1 Å². The highest BCUT2D eigenvalue weighted by Crippen LogP contribution is 2.33. The molecular weight excluding hydrogens is 287 g/mol. The van der Waals surface area contributed by atoms with Crippen molar-refractivity contribution in [2.75, 3.05) is 0 Å². The van der Waals surface area contributed by atoms with E-state index < -0.39 is 11.8 Å². The van der Waals surface area contributed by atoms with Gasteiger partial charge in [0.25, 0.3) is 0 Å². The molecule has 0 saturated carbocycles. The van der Waals surface area contributed by atoms with Crippen LogP contribution in [0.1, 0.15) is 5.56 Å². The molecule has 1 aromatic heterocycles. The Bertz CT molecular complexity index is 843. The van der Waals surface area contributed by atoms with Crippen LogP contribution >= 0.6 is 0 Å². The molecule has 0 spiro atoms. The Morgan fingerprint density at radius 2 is 1.41 bits per heavy atom. The van der Waals surface area contributed by atoms with Gasteiger partial charge in [0.2, 0.25) is 5.95 Å². The summed E-state index contributed by atoms with van der Waals surface area (Å²) >= 11 is 0. The minimum absolute atomic E-state index is 0.223. The fourth-order valence-corrected chi connectivity index (χ4v) is 2.50. The number of aromatic nitrogens is 1. The summed E-state index contributed by atoms with van der Waals surface area (Å²) in [5.74, 6) is -1.51. The van der Waals surface area contributed by atoms with E-state index in [2.05, 4.69) is 4.98 Å². The van der Waals surface area contributed by atoms with Gasteiger partial charge in [-0.05, 0) is 47.9 Å². The zero-order valence-electron chi connectivity index (χ0n) is 11.8. The summed E-state index contributed by atoms with van der Waals surface area (Å²) in [6.45, 7) is 1.71. The molecule has 0 aliphatic carbocycles. The molecule has 0 unspecified atom stereocenters. The summed E-state index contributed by atoms with van der Waals surface area (Å²) in [5.41, 5.74) is 2.42. The number of hydrogen-bond donors (Lipinski definition) is 0. The molecule has 0 saturated heterocycles. The van der Waals surface area contributed by atoms with Gasteiger partial charge in [0.15, 0.2) is 0 Å². The van der Waals surface area contributed by atoms with Crippen LogP contribution in [0.2, 0.25) is 0 Å². The minimum Gasteiger partial charge on any atom is -0.227 e. The summed E-state index contributed by atoms with van der Waals surface area (Å²) in [6, 6.07) is 11.7. The molecule has 1 nitrogen and oxygen atoms in total. The van der Waals surface area contributed by atoms with Crippen LogP contribution in [0.25, 0.3) is 22.3 Å². The molecule has 3 aromatic rings. The predicted octanol–water partition coefficient (Wildman–Crippen LogP) is 5.14. The van der Waals surface area contributed by atoms with Crippen LogP contribution in [-0.4, -0.2) is 4.98 Å². The number of rotatable bonds is 2. The van der Waals surface area contributed by atoms with Crippen LogP contribution in [-0.2, 0) is 0 Å². The number of pyridine rings is 1. The zero-order valence-corrected chi connectivity index (χ0v) is 11.8. The van der Waals surface area contributed by atoms with E-state index in [1.807, 2.05) is 0 Å². The summed E-state index contributed by atoms with van der Waals surface area (Å²) < 4.78 is 40.9. The Kier molecular flexibility index (Phi) is 3.67. The van der Waals surface area contributed by atoms with E-state index >= 15 is 0 Å². The van der Waals surface area contributed by atoms with Crippen LogP contribution in [0.15, 0.2) is 54.7 Å². The van der Waals surface area contributed by atoms with E-state index in [0.717, 1.165) is 0 Å². The molecule has 22 heavy (non-hydrogen) atoms. The van der Waals surface area contributed by atoms with Crippen LogP contribution in [0.4, 0.5) is 13.2 Å². The van der Waals surface area contributed by atoms with Gasteiger partial charge in [-0.15, -0.1) is 0 Å². The Labute approximate surface area is 126 Å². The van der Waals surface area contributed by atoms with Gasteiger partial charge in [0.05, 0.1) is 0 Å². The number of halogens is 3. The normalized spacial score (nSPS) is 10.7. The Balaban J connectivity index is 2.22. The molecule has 0 bridgehead atoms. The standard InChI is InChI=1S/C18H12F3N/c1-11-16(12-4-2-6-14(19)8-12)10-22-18(21)17(11)13-5-3-7-15(20)9-13/h2-10H,1H3. The van der Waals surface area contributed by atoms with Crippen molar-refractivity contribution in [3.05, 3.63) is 77.9 Å². The van der Waals surface area contributed by atoms with Crippen molar-refractivity contribution in [3.8, 4) is 22.3 Å². The molecule has 0 fully saturated rings. The van der Waals surface area contributed by atoms with Gasteiger partial charge in [0.1, 0.15) is 11.6 Å². The van der Waals surface area contributed by atoms with Crippen molar-refractivity contribution >= 4 is 0 Å². The van der Waals surface area contributed by atoms with Crippen molar-refractivity contribution in [1.82, 2.24) is 4.98 Å². The van der Waals surface area contributed by atoms with E-state index in [9.17, 15) is 13.2 Å². The lowest BCUT2D eigenvalue weighted by Gasteiger charge is -2.12. The maximum absolute atomic E-state index is 14.1. The fourth-order valence-electron chi connectivity index (χ4n) is 2.50. The third-order valence-electron chi connectivity index (χ3n) is 3.54. The number of nitrogens with zero attached hydrogens (tertiary/aromatic N) is 1. The number of hydrogen-bond acceptors (Lipinski definition) is 1. The molecule has 0 aliphatic rings. The quantitative estimate of drug-likeness (QED) is 0.597. The summed E-state index contributed by atoms with van der Waals surface area (Å²) in [6.07, 6.45) is 1.36. The highest BCUT2D eigenvalue weighted by molar-refractivity contribution is 5.77. The second kappa shape index (κ2) is 5.64. The maximum atomic E-state index is 14.1. The molecule has 0 atom stereocenters. The van der Waals surface area contributed by atoms with E-state index in [-0.39, 0.29) is 11.4 Å². The summed E-state index contributed by atoms with van der Waals surface area (Å²) in [4.78, 5) is 3.74. The van der Waals surface area contributed by atoms with Crippen molar-refractivity contribution in [2.24, 2.45) is 0 Å². The molecule has 2 aromatic carbocycles. The lowest BCUT2D eigenvalue weighted by molar-refractivity contribution is 0.586. The Morgan fingerprint density at radius 3 is 2.05 bits per heavy atom. The first kappa shape index (κ1) is 14.3. The van der Waals surface area contributed by atoms with E-state index in [1.165, 1.54) is 36.5 Å². The van der Waals surface area contributed by atoms with Gasteiger partial charge < -0.3 is 0 Å². The first-order chi connectivity index (χ1) is 10.6. The average molecular weight is 299 g/mol. The van der Waals surface area contributed by atoms with E-state index in [4.69, 9.17) is 0 Å². The van der Waals surface area contributed by atoms with Crippen molar-refractivity contribution in [1.29, 1.82) is 0 Å². The van der Waals surface area contributed by atoms with E-state index in [0.29, 0.717) is 22.3 Å². The molecule has 0 aliphatic heterocycles. The SMILES string of the molecule is Cc1c(-c2cccc(F)c2)cnc(F)c1-c1cccc(F)c1. The highest BCUT2D eigenvalue weighted by atomic mass is 19.1. The minimum atomic E-state index is -0.678. The van der Waals surface area contributed by atoms with Gasteiger partial charge in [-0.3, -0.25) is 0 Å². The zero-order chi connectivity index (χ0) is 15.7. The molecular formula is C18H12F3N. The Hall–Kier alpha value is -2.62. The van der Waals surface area contributed by atoms with Crippen LogP contribution in [0.5, 0.6) is 0 Å². The van der Waals surface area contributed by atoms with Crippen LogP contribution < -0.4 is 0 Å². The van der Waals surface area contributed by atoms with Gasteiger partial charge in [0, 0.05) is 17.3 Å². The summed E-state index contributed by atoms with van der Waals surface area (Å²) in [5, 5.41) is 0. The lowest BCUT2D eigenvalue weighted by atomic mass is 9.95. The smallest absolute Gasteiger partial charge is 0.221 e. The molecule has 1 heterocycles. The molecule has 0 radical (unpaired) electrons. The topological polar surface area (TPSA) is 12.9 Å². The molecule has 0 amide bonds. The number of benzene rings is 2. The third-order valence-corrected chi connectivity index (χ3v) is 3.54. The molecule has 4 heteroatoms. The van der Waals surface area contributed by atoms with Gasteiger partial charge in [-0.2, -0.15) is 4.39 Å². The van der Waals surface area contributed by atoms with Gasteiger partial charge in [-0.25, -0.2) is 13.8 Å². The Morgan fingerprint density at radius 1 is 0.818 bits per heavy atom. The lowest BCUT2D eigenvalue weighted by Crippen LogP contribution is -1.97. The second-order valence-corrected chi connectivity index (χ2v) is 4.98. The van der Waals surface area contributed by atoms with Crippen LogP contribution in [0.3, 0.4) is 0 Å². The molecule has 0 N–H and O–H groups in total. The highest BCUT2D eigenvalue weighted by Gasteiger charge is 2.15. The monoisotopic (exact) mass is 299 g/mol. The first-order valence-electron chi connectivity index (χ1n) is 6.73. The van der Waals surface area contributed by atoms with Gasteiger partial charge >= 0.3 is 0 Å². The van der Waals surface area contributed by atoms with Gasteiger partial charge in [-0.1, -0.05) is 24.3 Å². The maximum Gasteiger partial charge on any atom is 0.221 e. The molecule has 110 valence electrons. The van der Waals surface area contributed by atoms with Crippen molar-refractivity contribution < 1.29 is 13.2 Å². The second-order valence-electron chi connectivity index (χ2n) is 4.98. The van der Waals surface area contributed by atoms with Crippen molar-refractivity contribution in [3.63, 3.8) is 0 Å². The largest absolute Gasteiger partial charge is 0.227 e. The summed E-state index contributed by atoms with van der Waals surface area (Å²) in [7, 11) is 0. The van der Waals surface area contributed by atoms with Crippen LogP contribution in [0, 0.1) is 24.5 Å².